The molecular weight excluding hydrogens is 274 g/mol. The summed E-state index contributed by atoms with van der Waals surface area (Å²) in [6, 6.07) is 5.72. The number of hydrogen-bond acceptors (Lipinski definition) is 4. The van der Waals surface area contributed by atoms with Gasteiger partial charge in [0.15, 0.2) is 0 Å². The standard InChI is InChI=1S/C15H15NO3S/c1-8(17)11-6-20-7-12-10-5-9(19-2)3-4-13(10)16-14(12)15(11)18/h3-5,16-17H,6-7H2,1-2H3/b11-8-. The Labute approximate surface area is 120 Å². The minimum Gasteiger partial charge on any atom is -0.512 e. The lowest BCUT2D eigenvalue weighted by molar-refractivity contribution is 0.102. The van der Waals surface area contributed by atoms with Gasteiger partial charge in [-0.2, -0.15) is 11.8 Å². The number of carbonyl (C=O) groups is 1. The highest BCUT2D eigenvalue weighted by atomic mass is 32.2. The van der Waals surface area contributed by atoms with Crippen molar-refractivity contribution >= 4 is 28.4 Å². The summed E-state index contributed by atoms with van der Waals surface area (Å²) in [6.07, 6.45) is 0. The maximum absolute atomic E-state index is 12.5. The number of thioether (sulfide) groups is 1. The molecule has 0 bridgehead atoms. The number of carbonyl (C=O) groups excluding carboxylic acids is 1. The first-order chi connectivity index (χ1) is 9.61. The van der Waals surface area contributed by atoms with Gasteiger partial charge in [-0.05, 0) is 30.7 Å². The van der Waals surface area contributed by atoms with Crippen molar-refractivity contribution < 1.29 is 14.6 Å². The Morgan fingerprint density at radius 3 is 2.90 bits per heavy atom. The lowest BCUT2D eigenvalue weighted by Crippen LogP contribution is -2.07. The van der Waals surface area contributed by atoms with E-state index >= 15 is 0 Å². The summed E-state index contributed by atoms with van der Waals surface area (Å²) < 4.78 is 5.25. The number of methoxy groups -OCH3 is 1. The van der Waals surface area contributed by atoms with Gasteiger partial charge in [0, 0.05) is 28.0 Å². The van der Waals surface area contributed by atoms with E-state index in [2.05, 4.69) is 4.98 Å². The van der Waals surface area contributed by atoms with Crippen LogP contribution in [0, 0.1) is 0 Å². The zero-order chi connectivity index (χ0) is 14.3. The van der Waals surface area contributed by atoms with Crippen molar-refractivity contribution in [3.05, 3.63) is 40.8 Å². The van der Waals surface area contributed by atoms with E-state index in [0.717, 1.165) is 28.0 Å². The van der Waals surface area contributed by atoms with Crippen LogP contribution in [0.3, 0.4) is 0 Å². The van der Waals surface area contributed by atoms with Gasteiger partial charge in [-0.3, -0.25) is 4.79 Å². The monoisotopic (exact) mass is 289 g/mol. The molecule has 1 aliphatic rings. The van der Waals surface area contributed by atoms with Gasteiger partial charge >= 0.3 is 0 Å². The first kappa shape index (κ1) is 13.1. The third-order valence-electron chi connectivity index (χ3n) is 3.54. The van der Waals surface area contributed by atoms with Crippen molar-refractivity contribution in [3.8, 4) is 5.75 Å². The zero-order valence-electron chi connectivity index (χ0n) is 11.3. The van der Waals surface area contributed by atoms with E-state index in [9.17, 15) is 9.90 Å². The second-order valence-electron chi connectivity index (χ2n) is 4.78. The number of hydrogen-bond donors (Lipinski definition) is 2. The van der Waals surface area contributed by atoms with E-state index in [1.54, 1.807) is 25.8 Å². The fraction of sp³-hybridized carbons (Fsp3) is 0.267. The van der Waals surface area contributed by atoms with Gasteiger partial charge in [-0.25, -0.2) is 0 Å². The minimum absolute atomic E-state index is 0.103. The molecule has 1 aromatic heterocycles. The first-order valence-corrected chi connectivity index (χ1v) is 7.47. The Hall–Kier alpha value is -1.88. The number of aromatic amines is 1. The summed E-state index contributed by atoms with van der Waals surface area (Å²) in [4.78, 5) is 15.7. The van der Waals surface area contributed by atoms with Crippen LogP contribution in [-0.4, -0.2) is 28.7 Å². The Kier molecular flexibility index (Phi) is 3.22. The summed E-state index contributed by atoms with van der Waals surface area (Å²) in [5.41, 5.74) is 2.97. The molecule has 3 rings (SSSR count). The maximum atomic E-state index is 12.5. The largest absolute Gasteiger partial charge is 0.512 e. The quantitative estimate of drug-likeness (QED) is 0.623. The number of allylic oxidation sites excluding steroid dienone is 1. The SMILES string of the molecule is COc1ccc2[nH]c3c(c2c1)CSC/C(=C(\C)O)C3=O. The van der Waals surface area contributed by atoms with Crippen LogP contribution >= 0.6 is 11.8 Å². The lowest BCUT2D eigenvalue weighted by Gasteiger charge is -2.02. The molecule has 1 aliphatic heterocycles. The van der Waals surface area contributed by atoms with E-state index in [0.29, 0.717) is 17.0 Å². The molecule has 0 atom stereocenters. The molecule has 0 saturated heterocycles. The molecule has 0 radical (unpaired) electrons. The van der Waals surface area contributed by atoms with Gasteiger partial charge in [0.2, 0.25) is 5.78 Å². The van der Waals surface area contributed by atoms with Crippen LogP contribution in [-0.2, 0) is 5.75 Å². The molecule has 0 aliphatic carbocycles. The Morgan fingerprint density at radius 2 is 2.20 bits per heavy atom. The molecule has 104 valence electrons. The van der Waals surface area contributed by atoms with Gasteiger partial charge in [0.25, 0.3) is 0 Å². The highest BCUT2D eigenvalue weighted by molar-refractivity contribution is 7.98. The number of ether oxygens (including phenoxy) is 1. The molecule has 0 fully saturated rings. The number of nitrogens with one attached hydrogen (secondary N) is 1. The van der Waals surface area contributed by atoms with Crippen LogP contribution in [0.1, 0.15) is 23.0 Å². The van der Waals surface area contributed by atoms with Crippen molar-refractivity contribution in [1.82, 2.24) is 4.98 Å². The number of Topliss-reactive ketones (excluding diaryl/α,β-unsaturated/α-hetero) is 1. The molecule has 0 amide bonds. The molecule has 0 unspecified atom stereocenters. The van der Waals surface area contributed by atoms with Crippen LogP contribution in [0.4, 0.5) is 0 Å². The zero-order valence-corrected chi connectivity index (χ0v) is 12.1. The van der Waals surface area contributed by atoms with Crippen LogP contribution < -0.4 is 4.74 Å². The Balaban J connectivity index is 2.23. The number of fused-ring (bicyclic) bond motifs is 3. The molecule has 1 aromatic carbocycles. The van der Waals surface area contributed by atoms with Crippen LogP contribution in [0.25, 0.3) is 10.9 Å². The molecule has 2 N–H and O–H groups in total. The molecule has 4 nitrogen and oxygen atoms in total. The number of aliphatic hydroxyl groups is 1. The van der Waals surface area contributed by atoms with E-state index < -0.39 is 0 Å². The molecule has 0 saturated carbocycles. The lowest BCUT2D eigenvalue weighted by atomic mass is 10.0. The predicted molar refractivity (Wildman–Crippen MR) is 80.7 cm³/mol. The topological polar surface area (TPSA) is 62.3 Å². The molecule has 5 heteroatoms. The predicted octanol–water partition coefficient (Wildman–Crippen LogP) is 3.44. The second-order valence-corrected chi connectivity index (χ2v) is 5.76. The molecule has 2 aromatic rings. The summed E-state index contributed by atoms with van der Waals surface area (Å²) >= 11 is 1.63. The third-order valence-corrected chi connectivity index (χ3v) is 4.53. The molecule has 20 heavy (non-hydrogen) atoms. The smallest absolute Gasteiger partial charge is 0.209 e. The third kappa shape index (κ3) is 1.98. The van der Waals surface area contributed by atoms with Gasteiger partial charge in [0.05, 0.1) is 18.6 Å². The fourth-order valence-electron chi connectivity index (χ4n) is 2.44. The molecular formula is C15H15NO3S. The second kappa shape index (κ2) is 4.90. The fourth-order valence-corrected chi connectivity index (χ4v) is 3.59. The minimum atomic E-state index is -0.111. The number of H-pyrrole nitrogens is 1. The van der Waals surface area contributed by atoms with Crippen molar-refractivity contribution in [2.24, 2.45) is 0 Å². The number of rotatable bonds is 1. The van der Waals surface area contributed by atoms with Gasteiger partial charge in [-0.1, -0.05) is 0 Å². The van der Waals surface area contributed by atoms with E-state index in [4.69, 9.17) is 4.74 Å². The maximum Gasteiger partial charge on any atom is 0.209 e. The number of ketones is 1. The van der Waals surface area contributed by atoms with Crippen LogP contribution in [0.2, 0.25) is 0 Å². The number of benzene rings is 1. The van der Waals surface area contributed by atoms with Crippen molar-refractivity contribution in [2.45, 2.75) is 12.7 Å². The Bertz CT molecular complexity index is 726. The summed E-state index contributed by atoms with van der Waals surface area (Å²) in [6.45, 7) is 1.56. The van der Waals surface area contributed by atoms with Gasteiger partial charge in [-0.15, -0.1) is 0 Å². The van der Waals surface area contributed by atoms with Crippen LogP contribution in [0.15, 0.2) is 29.5 Å². The average Bonchev–Trinajstić information content (AvgIpc) is 2.71. The highest BCUT2D eigenvalue weighted by Gasteiger charge is 2.26. The average molecular weight is 289 g/mol. The summed E-state index contributed by atoms with van der Waals surface area (Å²) in [5, 5.41) is 10.7. The van der Waals surface area contributed by atoms with Gasteiger partial charge < -0.3 is 14.8 Å². The summed E-state index contributed by atoms with van der Waals surface area (Å²) in [7, 11) is 1.63. The highest BCUT2D eigenvalue weighted by Crippen LogP contribution is 2.34. The number of aliphatic hydroxyl groups excluding tert-OH is 1. The van der Waals surface area contributed by atoms with E-state index in [1.807, 2.05) is 18.2 Å². The van der Waals surface area contributed by atoms with E-state index in [1.165, 1.54) is 0 Å². The van der Waals surface area contributed by atoms with Gasteiger partial charge in [0.1, 0.15) is 5.75 Å². The number of aromatic nitrogens is 1. The summed E-state index contributed by atoms with van der Waals surface area (Å²) in [5.74, 6) is 2.04. The van der Waals surface area contributed by atoms with E-state index in [-0.39, 0.29) is 11.5 Å². The first-order valence-electron chi connectivity index (χ1n) is 6.31. The molecule has 2 heterocycles. The molecule has 0 spiro atoms. The Morgan fingerprint density at radius 1 is 1.40 bits per heavy atom. The van der Waals surface area contributed by atoms with Crippen molar-refractivity contribution in [2.75, 3.05) is 12.9 Å². The van der Waals surface area contributed by atoms with Crippen molar-refractivity contribution in [3.63, 3.8) is 0 Å². The normalized spacial score (nSPS) is 17.8. The van der Waals surface area contributed by atoms with Crippen molar-refractivity contribution in [1.29, 1.82) is 0 Å². The van der Waals surface area contributed by atoms with Crippen LogP contribution in [0.5, 0.6) is 5.75 Å².